The van der Waals surface area contributed by atoms with Gasteiger partial charge in [-0.1, -0.05) is 13.3 Å². The number of H-pyrrole nitrogens is 1. The van der Waals surface area contributed by atoms with Gasteiger partial charge in [0.05, 0.1) is 0 Å². The standard InChI is InChI=1S/C8H15N3O/c1-3-4-6(2)11-7(9)5-8(12)10-11/h5-6H,3-4,9H2,1-2H3,(H,10,12)/t6-/m0/s1. The fraction of sp³-hybridized carbons (Fsp3) is 0.625. The molecule has 0 amide bonds. The molecule has 3 N–H and O–H groups in total. The zero-order valence-corrected chi connectivity index (χ0v) is 7.50. The Morgan fingerprint density at radius 2 is 2.42 bits per heavy atom. The van der Waals surface area contributed by atoms with Gasteiger partial charge in [-0.05, 0) is 13.3 Å². The average Bonchev–Trinajstić information content (AvgIpc) is 2.30. The SMILES string of the molecule is CCC[C@H](C)n1[nH]c(=O)cc1N. The molecular weight excluding hydrogens is 154 g/mol. The topological polar surface area (TPSA) is 63.8 Å². The molecule has 4 nitrogen and oxygen atoms in total. The van der Waals surface area contributed by atoms with Gasteiger partial charge in [0.1, 0.15) is 5.82 Å². The summed E-state index contributed by atoms with van der Waals surface area (Å²) in [5.41, 5.74) is 5.48. The van der Waals surface area contributed by atoms with E-state index >= 15 is 0 Å². The van der Waals surface area contributed by atoms with Gasteiger partial charge in [-0.15, -0.1) is 0 Å². The van der Waals surface area contributed by atoms with Crippen LogP contribution >= 0.6 is 0 Å². The molecule has 0 fully saturated rings. The number of aromatic nitrogens is 2. The molecule has 0 radical (unpaired) electrons. The number of nitrogens with zero attached hydrogens (tertiary/aromatic N) is 1. The first-order valence-electron chi connectivity index (χ1n) is 4.22. The number of hydrogen-bond acceptors (Lipinski definition) is 2. The monoisotopic (exact) mass is 169 g/mol. The summed E-state index contributed by atoms with van der Waals surface area (Å²) in [5.74, 6) is 0.515. The van der Waals surface area contributed by atoms with Crippen molar-refractivity contribution in [3.8, 4) is 0 Å². The van der Waals surface area contributed by atoms with Gasteiger partial charge in [-0.2, -0.15) is 0 Å². The molecule has 68 valence electrons. The molecule has 1 heterocycles. The lowest BCUT2D eigenvalue weighted by molar-refractivity contribution is 0.458. The van der Waals surface area contributed by atoms with Crippen molar-refractivity contribution in [1.29, 1.82) is 0 Å². The molecule has 4 heteroatoms. The Kier molecular flexibility index (Phi) is 2.58. The molecule has 0 aromatic carbocycles. The molecule has 1 aromatic rings. The van der Waals surface area contributed by atoms with Gasteiger partial charge in [0.2, 0.25) is 0 Å². The average molecular weight is 169 g/mol. The smallest absolute Gasteiger partial charge is 0.266 e. The maximum atomic E-state index is 10.9. The zero-order valence-electron chi connectivity index (χ0n) is 7.50. The predicted octanol–water partition coefficient (Wildman–Crippen LogP) is 1.12. The predicted molar refractivity (Wildman–Crippen MR) is 49.1 cm³/mol. The van der Waals surface area contributed by atoms with E-state index in [2.05, 4.69) is 12.0 Å². The molecule has 0 aliphatic rings. The van der Waals surface area contributed by atoms with Crippen LogP contribution in [0.25, 0.3) is 0 Å². The third-order valence-corrected chi connectivity index (χ3v) is 1.94. The Labute approximate surface area is 71.4 Å². The first-order valence-corrected chi connectivity index (χ1v) is 4.22. The van der Waals surface area contributed by atoms with Crippen LogP contribution in [0.2, 0.25) is 0 Å². The minimum absolute atomic E-state index is 0.129. The minimum atomic E-state index is -0.129. The second-order valence-corrected chi connectivity index (χ2v) is 3.05. The lowest BCUT2D eigenvalue weighted by Crippen LogP contribution is -2.12. The third-order valence-electron chi connectivity index (χ3n) is 1.94. The van der Waals surface area contributed by atoms with Gasteiger partial charge in [0, 0.05) is 12.1 Å². The summed E-state index contributed by atoms with van der Waals surface area (Å²) in [4.78, 5) is 10.9. The van der Waals surface area contributed by atoms with Crippen LogP contribution in [0.3, 0.4) is 0 Å². The van der Waals surface area contributed by atoms with Gasteiger partial charge in [0.25, 0.3) is 5.56 Å². The summed E-state index contributed by atoms with van der Waals surface area (Å²) in [5, 5.41) is 2.66. The third kappa shape index (κ3) is 1.69. The number of anilines is 1. The molecular formula is C8H15N3O. The van der Waals surface area contributed by atoms with Crippen LogP contribution in [-0.2, 0) is 0 Å². The van der Waals surface area contributed by atoms with E-state index in [1.165, 1.54) is 6.07 Å². The van der Waals surface area contributed by atoms with E-state index in [1.807, 2.05) is 6.92 Å². The lowest BCUT2D eigenvalue weighted by Gasteiger charge is -2.12. The van der Waals surface area contributed by atoms with Crippen LogP contribution in [0.5, 0.6) is 0 Å². The Hall–Kier alpha value is -1.19. The quantitative estimate of drug-likeness (QED) is 0.712. The number of nitrogens with one attached hydrogen (secondary N) is 1. The number of rotatable bonds is 3. The van der Waals surface area contributed by atoms with E-state index in [4.69, 9.17) is 5.73 Å². The van der Waals surface area contributed by atoms with Gasteiger partial charge < -0.3 is 5.73 Å². The normalized spacial score (nSPS) is 13.2. The molecule has 1 rings (SSSR count). The van der Waals surface area contributed by atoms with Crippen molar-refractivity contribution in [3.05, 3.63) is 16.4 Å². The van der Waals surface area contributed by atoms with Crippen molar-refractivity contribution in [2.45, 2.75) is 32.7 Å². The first-order chi connectivity index (χ1) is 5.65. The summed E-state index contributed by atoms with van der Waals surface area (Å²) >= 11 is 0. The Morgan fingerprint density at radius 1 is 1.75 bits per heavy atom. The van der Waals surface area contributed by atoms with E-state index in [0.29, 0.717) is 5.82 Å². The van der Waals surface area contributed by atoms with Gasteiger partial charge in [-0.3, -0.25) is 14.6 Å². The summed E-state index contributed by atoms with van der Waals surface area (Å²) in [6.07, 6.45) is 2.11. The van der Waals surface area contributed by atoms with Crippen LogP contribution in [-0.4, -0.2) is 9.78 Å². The summed E-state index contributed by atoms with van der Waals surface area (Å²) < 4.78 is 1.71. The summed E-state index contributed by atoms with van der Waals surface area (Å²) in [6, 6.07) is 1.68. The second kappa shape index (κ2) is 3.47. The van der Waals surface area contributed by atoms with E-state index in [-0.39, 0.29) is 11.6 Å². The van der Waals surface area contributed by atoms with Crippen molar-refractivity contribution in [3.63, 3.8) is 0 Å². The van der Waals surface area contributed by atoms with E-state index in [0.717, 1.165) is 12.8 Å². The first kappa shape index (κ1) is 8.90. The summed E-state index contributed by atoms with van der Waals surface area (Å²) in [6.45, 7) is 4.14. The molecule has 0 aliphatic heterocycles. The van der Waals surface area contributed by atoms with Gasteiger partial charge in [0.15, 0.2) is 0 Å². The van der Waals surface area contributed by atoms with Gasteiger partial charge in [-0.25, -0.2) is 0 Å². The number of aromatic amines is 1. The van der Waals surface area contributed by atoms with Gasteiger partial charge >= 0.3 is 0 Å². The maximum absolute atomic E-state index is 10.9. The minimum Gasteiger partial charge on any atom is -0.384 e. The zero-order chi connectivity index (χ0) is 9.14. The second-order valence-electron chi connectivity index (χ2n) is 3.05. The molecule has 0 bridgehead atoms. The van der Waals surface area contributed by atoms with Crippen LogP contribution in [0.4, 0.5) is 5.82 Å². The molecule has 0 saturated heterocycles. The van der Waals surface area contributed by atoms with E-state index in [1.54, 1.807) is 4.68 Å². The molecule has 12 heavy (non-hydrogen) atoms. The number of hydrogen-bond donors (Lipinski definition) is 2. The van der Waals surface area contributed by atoms with Crippen LogP contribution < -0.4 is 11.3 Å². The highest BCUT2D eigenvalue weighted by Gasteiger charge is 2.06. The highest BCUT2D eigenvalue weighted by molar-refractivity contribution is 5.26. The highest BCUT2D eigenvalue weighted by Crippen LogP contribution is 2.13. The van der Waals surface area contributed by atoms with E-state index < -0.39 is 0 Å². The molecule has 0 saturated carbocycles. The van der Waals surface area contributed by atoms with Crippen molar-refractivity contribution in [2.24, 2.45) is 0 Å². The Bertz CT molecular complexity index is 299. The van der Waals surface area contributed by atoms with Crippen molar-refractivity contribution < 1.29 is 0 Å². The number of nitrogens with two attached hydrogens (primary N) is 1. The Morgan fingerprint density at radius 3 is 2.83 bits per heavy atom. The van der Waals surface area contributed by atoms with Crippen LogP contribution in [0.15, 0.2) is 10.9 Å². The van der Waals surface area contributed by atoms with Crippen molar-refractivity contribution >= 4 is 5.82 Å². The van der Waals surface area contributed by atoms with Crippen molar-refractivity contribution in [1.82, 2.24) is 9.78 Å². The van der Waals surface area contributed by atoms with Crippen molar-refractivity contribution in [2.75, 3.05) is 5.73 Å². The number of nitrogen functional groups attached to an aromatic ring is 1. The van der Waals surface area contributed by atoms with Crippen LogP contribution in [0.1, 0.15) is 32.7 Å². The fourth-order valence-corrected chi connectivity index (χ4v) is 1.33. The largest absolute Gasteiger partial charge is 0.384 e. The van der Waals surface area contributed by atoms with E-state index in [9.17, 15) is 4.79 Å². The fourth-order valence-electron chi connectivity index (χ4n) is 1.33. The highest BCUT2D eigenvalue weighted by atomic mass is 16.1. The maximum Gasteiger partial charge on any atom is 0.266 e. The lowest BCUT2D eigenvalue weighted by atomic mass is 10.2. The molecule has 0 spiro atoms. The molecule has 0 aliphatic carbocycles. The summed E-state index contributed by atoms with van der Waals surface area (Å²) in [7, 11) is 0. The molecule has 1 aromatic heterocycles. The molecule has 1 atom stereocenters. The molecule has 0 unspecified atom stereocenters. The Balaban J connectivity index is 2.86. The van der Waals surface area contributed by atoms with Crippen LogP contribution in [0, 0.1) is 0 Å².